The highest BCUT2D eigenvalue weighted by Crippen LogP contribution is 2.41. The number of nitrogens with two attached hydrogens (primary N) is 1. The molecule has 31 heavy (non-hydrogen) atoms. The van der Waals surface area contributed by atoms with Crippen LogP contribution in [0.25, 0.3) is 32.6 Å². The summed E-state index contributed by atoms with van der Waals surface area (Å²) in [5.74, 6) is 0.967. The number of halogens is 1. The van der Waals surface area contributed by atoms with Crippen LogP contribution in [0, 0.1) is 19.7 Å². The van der Waals surface area contributed by atoms with Crippen molar-refractivity contribution < 1.29 is 9.13 Å². The highest BCUT2D eigenvalue weighted by Gasteiger charge is 2.24. The van der Waals surface area contributed by atoms with Crippen LogP contribution in [0.3, 0.4) is 0 Å². The van der Waals surface area contributed by atoms with E-state index >= 15 is 4.39 Å². The number of ether oxygens (including phenoxy) is 1. The largest absolute Gasteiger partial charge is 0.383 e. The third kappa shape index (κ3) is 3.30. The first-order valence-electron chi connectivity index (χ1n) is 10.2. The molecule has 1 aliphatic rings. The maximum atomic E-state index is 15.7. The van der Waals surface area contributed by atoms with Gasteiger partial charge in [0.15, 0.2) is 0 Å². The van der Waals surface area contributed by atoms with Gasteiger partial charge in [-0.25, -0.2) is 19.3 Å². The van der Waals surface area contributed by atoms with Gasteiger partial charge in [0, 0.05) is 47.8 Å². The third-order valence-electron chi connectivity index (χ3n) is 6.07. The number of aryl methyl sites for hydroxylation is 1. The lowest BCUT2D eigenvalue weighted by Crippen LogP contribution is -2.13. The summed E-state index contributed by atoms with van der Waals surface area (Å²) in [5, 5.41) is 1.79. The minimum absolute atomic E-state index is 0.160. The predicted molar refractivity (Wildman–Crippen MR) is 121 cm³/mol. The van der Waals surface area contributed by atoms with Gasteiger partial charge in [0.1, 0.15) is 22.5 Å². The zero-order valence-corrected chi connectivity index (χ0v) is 18.3. The summed E-state index contributed by atoms with van der Waals surface area (Å²) in [4.78, 5) is 14.5. The van der Waals surface area contributed by atoms with Crippen molar-refractivity contribution in [3.05, 3.63) is 53.7 Å². The van der Waals surface area contributed by atoms with Crippen molar-refractivity contribution in [1.82, 2.24) is 19.5 Å². The minimum atomic E-state index is -0.400. The topological polar surface area (TPSA) is 78.9 Å². The van der Waals surface area contributed by atoms with E-state index in [0.717, 1.165) is 48.1 Å². The minimum Gasteiger partial charge on any atom is -0.383 e. The van der Waals surface area contributed by atoms with Gasteiger partial charge in [0.25, 0.3) is 0 Å². The Morgan fingerprint density at radius 3 is 2.68 bits per heavy atom. The zero-order valence-electron chi connectivity index (χ0n) is 17.5. The van der Waals surface area contributed by atoms with Gasteiger partial charge < -0.3 is 15.0 Å². The van der Waals surface area contributed by atoms with Crippen LogP contribution >= 0.6 is 11.3 Å². The maximum Gasteiger partial charge on any atom is 0.144 e. The molecule has 0 spiro atoms. The number of pyridine rings is 1. The first-order valence-corrected chi connectivity index (χ1v) is 11.0. The van der Waals surface area contributed by atoms with Crippen molar-refractivity contribution in [3.63, 3.8) is 0 Å². The second kappa shape index (κ2) is 7.69. The average molecular weight is 437 g/mol. The van der Waals surface area contributed by atoms with E-state index in [0.29, 0.717) is 27.9 Å². The number of anilines is 1. The van der Waals surface area contributed by atoms with Gasteiger partial charge in [-0.1, -0.05) is 6.07 Å². The molecule has 1 aliphatic heterocycles. The van der Waals surface area contributed by atoms with E-state index in [9.17, 15) is 0 Å². The number of hydrogen-bond acceptors (Lipinski definition) is 6. The predicted octanol–water partition coefficient (Wildman–Crippen LogP) is 4.86. The van der Waals surface area contributed by atoms with Crippen LogP contribution < -0.4 is 5.73 Å². The van der Waals surface area contributed by atoms with Gasteiger partial charge in [-0.2, -0.15) is 0 Å². The molecule has 0 amide bonds. The molecule has 1 fully saturated rings. The van der Waals surface area contributed by atoms with Gasteiger partial charge in [-0.05, 0) is 38.7 Å². The summed E-state index contributed by atoms with van der Waals surface area (Å²) in [7, 11) is 1.86. The van der Waals surface area contributed by atoms with E-state index in [1.807, 2.05) is 24.6 Å². The fourth-order valence-corrected chi connectivity index (χ4v) is 5.40. The van der Waals surface area contributed by atoms with Crippen molar-refractivity contribution in [2.24, 2.45) is 7.05 Å². The molecule has 8 heteroatoms. The lowest BCUT2D eigenvalue weighted by Gasteiger charge is -2.21. The first kappa shape index (κ1) is 20.1. The molecule has 159 valence electrons. The van der Waals surface area contributed by atoms with Gasteiger partial charge in [-0.15, -0.1) is 11.3 Å². The number of imidazole rings is 1. The Balaban J connectivity index is 1.65. The summed E-state index contributed by atoms with van der Waals surface area (Å²) in [5.41, 5.74) is 8.81. The Hall–Kier alpha value is -2.84. The van der Waals surface area contributed by atoms with Gasteiger partial charge in [0.05, 0.1) is 23.0 Å². The van der Waals surface area contributed by atoms with Gasteiger partial charge in [-0.3, -0.25) is 0 Å². The molecular weight excluding hydrogens is 413 g/mol. The Kier molecular flexibility index (Phi) is 4.98. The molecule has 4 aromatic rings. The molecule has 6 nitrogen and oxygen atoms in total. The fourth-order valence-electron chi connectivity index (χ4n) is 4.20. The molecule has 0 bridgehead atoms. The molecule has 1 radical (unpaired) electrons. The highest BCUT2D eigenvalue weighted by atomic mass is 32.1. The highest BCUT2D eigenvalue weighted by molar-refractivity contribution is 7.15. The second-order valence-electron chi connectivity index (χ2n) is 7.87. The average Bonchev–Trinajstić information content (AvgIpc) is 3.31. The number of rotatable bonds is 3. The Bertz CT molecular complexity index is 1290. The SMILES string of the molecule is [CH2]c1nc(-c2cnc(N)c3c(F)c(-c4cnc(C)n4C)ccc23)sc1C1CCOCC1. The summed E-state index contributed by atoms with van der Waals surface area (Å²) in [6.07, 6.45) is 5.28. The molecule has 0 aliphatic carbocycles. The van der Waals surface area contributed by atoms with Gasteiger partial charge in [0.2, 0.25) is 0 Å². The Labute approximate surface area is 183 Å². The van der Waals surface area contributed by atoms with Crippen molar-refractivity contribution in [2.75, 3.05) is 18.9 Å². The van der Waals surface area contributed by atoms with Crippen LogP contribution in [0.4, 0.5) is 10.2 Å². The number of nitrogen functional groups attached to an aromatic ring is 1. The molecule has 1 aromatic carbocycles. The molecule has 0 saturated carbocycles. The summed E-state index contributed by atoms with van der Waals surface area (Å²) < 4.78 is 23.0. The van der Waals surface area contributed by atoms with E-state index in [4.69, 9.17) is 15.5 Å². The molecule has 5 rings (SSSR count). The van der Waals surface area contributed by atoms with E-state index in [1.165, 1.54) is 4.88 Å². The number of aromatic nitrogens is 4. The van der Waals surface area contributed by atoms with Crippen molar-refractivity contribution in [3.8, 4) is 21.8 Å². The molecule has 2 N–H and O–H groups in total. The normalized spacial score (nSPS) is 15.1. The van der Waals surface area contributed by atoms with E-state index < -0.39 is 5.82 Å². The molecule has 0 atom stereocenters. The van der Waals surface area contributed by atoms with Crippen LogP contribution in [-0.2, 0) is 11.8 Å². The standard InChI is InChI=1S/C23H23FN5OS/c1-12-21(14-6-8-30-9-7-14)31-23(28-12)17-10-27-22(25)19-15(17)4-5-16(20(19)24)18-11-26-13(2)29(18)3/h4-5,10-11,14H,1,6-9H2,2-3H3,(H2,25,27). The van der Waals surface area contributed by atoms with Crippen molar-refractivity contribution in [1.29, 1.82) is 0 Å². The smallest absolute Gasteiger partial charge is 0.144 e. The van der Waals surface area contributed by atoms with Crippen LogP contribution in [-0.4, -0.2) is 32.7 Å². The van der Waals surface area contributed by atoms with Crippen LogP contribution in [0.15, 0.2) is 24.5 Å². The van der Waals surface area contributed by atoms with Crippen LogP contribution in [0.2, 0.25) is 0 Å². The van der Waals surface area contributed by atoms with Crippen LogP contribution in [0.5, 0.6) is 0 Å². The number of fused-ring (bicyclic) bond motifs is 1. The molecule has 3 aromatic heterocycles. The van der Waals surface area contributed by atoms with Crippen LogP contribution in [0.1, 0.15) is 35.2 Å². The zero-order chi connectivity index (χ0) is 21.7. The molecule has 4 heterocycles. The first-order chi connectivity index (χ1) is 15.0. The summed E-state index contributed by atoms with van der Waals surface area (Å²) in [6.45, 7) is 7.54. The number of nitrogens with zero attached hydrogens (tertiary/aromatic N) is 4. The maximum absolute atomic E-state index is 15.7. The fraction of sp³-hybridized carbons (Fsp3) is 0.304. The number of thiazole rings is 1. The number of benzene rings is 1. The monoisotopic (exact) mass is 436 g/mol. The van der Waals surface area contributed by atoms with Crippen molar-refractivity contribution >= 4 is 27.9 Å². The van der Waals surface area contributed by atoms with E-state index in [-0.39, 0.29) is 5.82 Å². The number of hydrogen-bond donors (Lipinski definition) is 1. The van der Waals surface area contributed by atoms with E-state index in [2.05, 4.69) is 16.9 Å². The molecule has 0 unspecified atom stereocenters. The molecule has 1 saturated heterocycles. The van der Waals surface area contributed by atoms with Crippen molar-refractivity contribution in [2.45, 2.75) is 25.7 Å². The third-order valence-corrected chi connectivity index (χ3v) is 7.36. The Morgan fingerprint density at radius 1 is 1.19 bits per heavy atom. The quantitative estimate of drug-likeness (QED) is 0.496. The summed E-state index contributed by atoms with van der Waals surface area (Å²) in [6, 6.07) is 3.66. The second-order valence-corrected chi connectivity index (χ2v) is 8.90. The van der Waals surface area contributed by atoms with E-state index in [1.54, 1.807) is 29.8 Å². The lowest BCUT2D eigenvalue weighted by molar-refractivity contribution is 0.0859. The molecular formula is C23H23FN5OS. The lowest BCUT2D eigenvalue weighted by atomic mass is 9.97. The van der Waals surface area contributed by atoms with Gasteiger partial charge >= 0.3 is 0 Å². The Morgan fingerprint density at radius 2 is 1.97 bits per heavy atom. The summed E-state index contributed by atoms with van der Waals surface area (Å²) >= 11 is 1.61.